The van der Waals surface area contributed by atoms with Gasteiger partial charge >= 0.3 is 5.97 Å². The predicted octanol–water partition coefficient (Wildman–Crippen LogP) is 3.69. The maximum atomic E-state index is 13.7. The van der Waals surface area contributed by atoms with Gasteiger partial charge in [-0.15, -0.1) is 0 Å². The average molecular weight is 575 g/mol. The van der Waals surface area contributed by atoms with Crippen LogP contribution in [0, 0.1) is 5.92 Å². The van der Waals surface area contributed by atoms with Crippen LogP contribution in [0.3, 0.4) is 0 Å². The highest BCUT2D eigenvalue weighted by atomic mass is 16.5. The van der Waals surface area contributed by atoms with Crippen molar-refractivity contribution in [3.05, 3.63) is 64.2 Å². The van der Waals surface area contributed by atoms with Gasteiger partial charge in [0.15, 0.2) is 0 Å². The van der Waals surface area contributed by atoms with Crippen LogP contribution in [0.2, 0.25) is 0 Å². The molecule has 2 unspecified atom stereocenters. The van der Waals surface area contributed by atoms with Gasteiger partial charge in [-0.25, -0.2) is 4.79 Å². The van der Waals surface area contributed by atoms with Crippen LogP contribution in [-0.2, 0) is 4.79 Å². The number of ether oxygens (including phenoxy) is 1. The van der Waals surface area contributed by atoms with Crippen LogP contribution in [0.1, 0.15) is 71.1 Å². The summed E-state index contributed by atoms with van der Waals surface area (Å²) >= 11 is 0. The van der Waals surface area contributed by atoms with E-state index in [9.17, 15) is 14.7 Å². The van der Waals surface area contributed by atoms with E-state index in [1.165, 1.54) is 24.8 Å². The predicted molar refractivity (Wildman–Crippen MR) is 166 cm³/mol. The highest BCUT2D eigenvalue weighted by Crippen LogP contribution is 2.57. The number of nitrogens with zero attached hydrogens (tertiary/aromatic N) is 3. The Bertz CT molecular complexity index is 1380. The van der Waals surface area contributed by atoms with Crippen LogP contribution >= 0.6 is 0 Å². The molecule has 224 valence electrons. The van der Waals surface area contributed by atoms with Gasteiger partial charge in [0.1, 0.15) is 5.75 Å². The number of carboxylic acid groups (broad SMARTS) is 1. The smallest absolute Gasteiger partial charge is 0.335 e. The number of carbonyl (C=O) groups is 2. The van der Waals surface area contributed by atoms with Crippen LogP contribution in [0.4, 0.5) is 5.69 Å². The fourth-order valence-electron chi connectivity index (χ4n) is 6.89. The molecule has 1 aliphatic carbocycles. The van der Waals surface area contributed by atoms with E-state index in [0.717, 1.165) is 48.5 Å². The Labute approximate surface area is 248 Å². The zero-order chi connectivity index (χ0) is 29.8. The highest BCUT2D eigenvalue weighted by Gasteiger charge is 2.46. The Morgan fingerprint density at radius 1 is 1.14 bits per heavy atom. The van der Waals surface area contributed by atoms with Gasteiger partial charge in [0.25, 0.3) is 0 Å². The third-order valence-electron chi connectivity index (χ3n) is 9.22. The Kier molecular flexibility index (Phi) is 9.16. The Morgan fingerprint density at radius 2 is 1.90 bits per heavy atom. The Morgan fingerprint density at radius 3 is 2.62 bits per heavy atom. The molecule has 0 spiro atoms. The number of carboxylic acids is 1. The first-order chi connectivity index (χ1) is 20.3. The van der Waals surface area contributed by atoms with E-state index >= 15 is 0 Å². The number of nitrogens with one attached hydrogen (secondary N) is 1. The summed E-state index contributed by atoms with van der Waals surface area (Å²) in [5, 5.41) is 13.0. The molecule has 2 aliphatic heterocycles. The maximum Gasteiger partial charge on any atom is 0.335 e. The highest BCUT2D eigenvalue weighted by molar-refractivity contribution is 6.00. The van der Waals surface area contributed by atoms with E-state index in [1.807, 2.05) is 49.0 Å². The fourth-order valence-corrected chi connectivity index (χ4v) is 6.89. The molecule has 0 saturated heterocycles. The van der Waals surface area contributed by atoms with E-state index in [2.05, 4.69) is 21.2 Å². The molecular formula is C33H44N5O4+. The van der Waals surface area contributed by atoms with Crippen LogP contribution in [0.5, 0.6) is 5.75 Å². The number of benzene rings is 2. The number of fused-ring (bicyclic) bond motifs is 5. The van der Waals surface area contributed by atoms with Crippen molar-refractivity contribution in [1.82, 2.24) is 10.2 Å². The van der Waals surface area contributed by atoms with E-state index < -0.39 is 5.97 Å². The van der Waals surface area contributed by atoms with E-state index in [4.69, 9.17) is 10.5 Å². The van der Waals surface area contributed by atoms with Crippen molar-refractivity contribution in [1.29, 1.82) is 0 Å². The summed E-state index contributed by atoms with van der Waals surface area (Å²) < 4.78 is 7.51. The first-order valence-corrected chi connectivity index (χ1v) is 15.0. The first-order valence-electron chi connectivity index (χ1n) is 15.0. The van der Waals surface area contributed by atoms with Gasteiger partial charge in [0.2, 0.25) is 12.2 Å². The molecule has 0 radical (unpaired) electrons. The minimum atomic E-state index is -0.941. The molecule has 0 bridgehead atoms. The lowest BCUT2D eigenvalue weighted by Crippen LogP contribution is -2.38. The summed E-state index contributed by atoms with van der Waals surface area (Å²) in [4.78, 5) is 30.1. The first kappa shape index (κ1) is 29.6. The molecule has 0 aromatic heterocycles. The van der Waals surface area contributed by atoms with Gasteiger partial charge in [-0.05, 0) is 72.8 Å². The molecule has 3 aliphatic rings. The van der Waals surface area contributed by atoms with Crippen LogP contribution in [0.25, 0.3) is 6.08 Å². The third-order valence-corrected chi connectivity index (χ3v) is 9.22. The largest absolute Gasteiger partial charge is 0.497 e. The Hall–Kier alpha value is -3.85. The van der Waals surface area contributed by atoms with Crippen molar-refractivity contribution < 1.29 is 24.0 Å². The average Bonchev–Trinajstić information content (AvgIpc) is 3.22. The van der Waals surface area contributed by atoms with E-state index in [0.29, 0.717) is 31.1 Å². The third kappa shape index (κ3) is 6.16. The molecule has 1 amide bonds. The lowest BCUT2D eigenvalue weighted by atomic mass is 9.73. The summed E-state index contributed by atoms with van der Waals surface area (Å²) in [6, 6.07) is 11.7. The topological polar surface area (TPSA) is 111 Å². The van der Waals surface area contributed by atoms with Crippen LogP contribution in [-0.4, -0.2) is 86.7 Å². The van der Waals surface area contributed by atoms with Gasteiger partial charge in [-0.2, -0.15) is 0 Å². The number of amides is 1. The normalized spacial score (nSPS) is 20.3. The lowest BCUT2D eigenvalue weighted by Gasteiger charge is -2.36. The second-order valence-corrected chi connectivity index (χ2v) is 11.9. The lowest BCUT2D eigenvalue weighted by molar-refractivity contribution is -0.493. The molecule has 9 heteroatoms. The summed E-state index contributed by atoms with van der Waals surface area (Å²) in [6.07, 6.45) is 9.57. The molecular weight excluding hydrogens is 530 g/mol. The SMILES string of the molecule is COc1ccc2c(c1)C=C(C(=O)NCCN(C)CC[N+](C)=CN)CN1c3cc(C(=O)O)ccc3C(C3CCCCC3)C21. The van der Waals surface area contributed by atoms with Crippen molar-refractivity contribution in [2.24, 2.45) is 11.7 Å². The van der Waals surface area contributed by atoms with Crippen LogP contribution < -0.4 is 20.7 Å². The molecule has 2 heterocycles. The molecule has 4 N–H and O–H groups in total. The van der Waals surface area contributed by atoms with Crippen molar-refractivity contribution >= 4 is 30.0 Å². The van der Waals surface area contributed by atoms with Crippen molar-refractivity contribution in [3.8, 4) is 5.75 Å². The number of rotatable bonds is 10. The minimum Gasteiger partial charge on any atom is -0.497 e. The summed E-state index contributed by atoms with van der Waals surface area (Å²) in [5.74, 6) is 0.423. The summed E-state index contributed by atoms with van der Waals surface area (Å²) in [5.41, 5.74) is 10.8. The number of nitrogens with two attached hydrogens (primary N) is 1. The molecule has 1 saturated carbocycles. The van der Waals surface area contributed by atoms with Gasteiger partial charge in [-0.3, -0.25) is 15.1 Å². The van der Waals surface area contributed by atoms with Crippen molar-refractivity contribution in [2.45, 2.75) is 44.1 Å². The monoisotopic (exact) mass is 574 g/mol. The number of methoxy groups -OCH3 is 1. The number of hydrogen-bond acceptors (Lipinski definition) is 5. The van der Waals surface area contributed by atoms with Gasteiger partial charge in [0, 0.05) is 43.4 Å². The summed E-state index contributed by atoms with van der Waals surface area (Å²) in [6.45, 7) is 3.27. The zero-order valence-electron chi connectivity index (χ0n) is 25.0. The number of likely N-dealkylation sites (N-methyl/N-ethyl adjacent to an activating group) is 2. The molecule has 2 aromatic carbocycles. The zero-order valence-corrected chi connectivity index (χ0v) is 25.0. The standard InChI is InChI=1S/C33H43N5O4/c1-36(15-16-37(2)21-34)14-13-35-32(39)25-17-24-18-26(42-3)10-12-27(24)31-30(22-7-5-4-6-8-22)28-11-9-23(33(40)41)19-29(28)38(31)20-25/h9-12,17-19,21-22,30-31,34H,4-8,13-16,20H2,1-3H3,(H2,35,39,40,41)/p+1. The molecule has 9 nitrogen and oxygen atoms in total. The summed E-state index contributed by atoms with van der Waals surface area (Å²) in [7, 11) is 5.62. The number of anilines is 1. The molecule has 42 heavy (non-hydrogen) atoms. The second-order valence-electron chi connectivity index (χ2n) is 11.9. The second kappa shape index (κ2) is 13.0. The Balaban J connectivity index is 1.47. The minimum absolute atomic E-state index is 0.0112. The molecule has 2 aromatic rings. The quantitative estimate of drug-likeness (QED) is 0.226. The van der Waals surface area contributed by atoms with E-state index in [-0.39, 0.29) is 23.4 Å². The number of hydrogen-bond donors (Lipinski definition) is 3. The van der Waals surface area contributed by atoms with Crippen molar-refractivity contribution in [3.63, 3.8) is 0 Å². The van der Waals surface area contributed by atoms with Crippen LogP contribution in [0.15, 0.2) is 42.0 Å². The van der Waals surface area contributed by atoms with Crippen molar-refractivity contribution in [2.75, 3.05) is 58.8 Å². The number of carbonyl (C=O) groups excluding carboxylic acids is 1. The maximum absolute atomic E-state index is 13.7. The van der Waals surface area contributed by atoms with Gasteiger partial charge < -0.3 is 25.0 Å². The van der Waals surface area contributed by atoms with Gasteiger partial charge in [0.05, 0.1) is 32.3 Å². The molecule has 2 atom stereocenters. The molecule has 5 rings (SSSR count). The fraction of sp³-hybridized carbons (Fsp3) is 0.485. The number of aromatic carboxylic acids is 1. The molecule has 1 fully saturated rings. The van der Waals surface area contributed by atoms with E-state index in [1.54, 1.807) is 19.5 Å². The van der Waals surface area contributed by atoms with Gasteiger partial charge in [-0.1, -0.05) is 31.4 Å².